The number of pyridine rings is 1. The van der Waals surface area contributed by atoms with E-state index in [0.717, 1.165) is 23.4 Å². The van der Waals surface area contributed by atoms with Gasteiger partial charge in [0, 0.05) is 25.0 Å². The van der Waals surface area contributed by atoms with Crippen molar-refractivity contribution in [3.8, 4) is 5.75 Å². The minimum absolute atomic E-state index is 0. The highest BCUT2D eigenvalue weighted by Crippen LogP contribution is 2.18. The fourth-order valence-electron chi connectivity index (χ4n) is 1.77. The van der Waals surface area contributed by atoms with Crippen LogP contribution < -0.4 is 10.2 Å². The predicted molar refractivity (Wildman–Crippen MR) is 85.0 cm³/mol. The van der Waals surface area contributed by atoms with Gasteiger partial charge in [-0.05, 0) is 36.2 Å². The molecule has 0 spiro atoms. The Bertz CT molecular complexity index is 558. The first-order valence-electron chi connectivity index (χ1n) is 6.10. The number of benzene rings is 1. The van der Waals surface area contributed by atoms with Crippen LogP contribution in [-0.2, 0) is 6.42 Å². The maximum Gasteiger partial charge on any atom is 0.121 e. The summed E-state index contributed by atoms with van der Waals surface area (Å²) < 4.78 is 5.23. The first-order valence-corrected chi connectivity index (χ1v) is 6.10. The van der Waals surface area contributed by atoms with Gasteiger partial charge in [0.05, 0.1) is 12.8 Å². The molecule has 1 aromatic heterocycles. The van der Waals surface area contributed by atoms with Crippen molar-refractivity contribution < 1.29 is 4.74 Å². The molecule has 1 aromatic carbocycles. The molecule has 0 saturated heterocycles. The molecule has 1 N–H and O–H groups in total. The first-order chi connectivity index (χ1) is 9.29. The fraction of sp³-hybridized carbons (Fsp3) is 0.200. The van der Waals surface area contributed by atoms with Crippen LogP contribution in [0.1, 0.15) is 11.1 Å². The molecule has 0 amide bonds. The number of anilines is 1. The lowest BCUT2D eigenvalue weighted by Gasteiger charge is -2.05. The molecule has 0 unspecified atom stereocenters. The molecule has 0 aliphatic heterocycles. The van der Waals surface area contributed by atoms with Crippen LogP contribution in [0.3, 0.4) is 0 Å². The Morgan fingerprint density at radius 1 is 1.25 bits per heavy atom. The van der Waals surface area contributed by atoms with Crippen LogP contribution in [0.15, 0.2) is 47.8 Å². The summed E-state index contributed by atoms with van der Waals surface area (Å²) in [6.07, 6.45) is 6.08. The van der Waals surface area contributed by atoms with Gasteiger partial charge in [0.15, 0.2) is 0 Å². The van der Waals surface area contributed by atoms with Crippen molar-refractivity contribution in [3.63, 3.8) is 0 Å². The third-order valence-electron chi connectivity index (χ3n) is 2.75. The second kappa shape index (κ2) is 8.17. The lowest BCUT2D eigenvalue weighted by molar-refractivity contribution is 0.411. The van der Waals surface area contributed by atoms with Gasteiger partial charge in [-0.2, -0.15) is 5.10 Å². The van der Waals surface area contributed by atoms with E-state index < -0.39 is 0 Å². The zero-order chi connectivity index (χ0) is 13.5. The quantitative estimate of drug-likeness (QED) is 0.678. The molecular formula is C15H18ClN3O. The number of aromatic nitrogens is 1. The maximum absolute atomic E-state index is 5.23. The van der Waals surface area contributed by atoms with E-state index in [1.807, 2.05) is 37.4 Å². The number of hydrogen-bond donors (Lipinski definition) is 1. The Morgan fingerprint density at radius 2 is 2.00 bits per heavy atom. The van der Waals surface area contributed by atoms with Gasteiger partial charge in [-0.15, -0.1) is 12.4 Å². The second-order valence-corrected chi connectivity index (χ2v) is 4.17. The predicted octanol–water partition coefficient (Wildman–Crippen LogP) is 3.46. The van der Waals surface area contributed by atoms with Gasteiger partial charge in [0.1, 0.15) is 5.75 Å². The number of halogens is 1. The molecule has 0 aliphatic rings. The Hall–Kier alpha value is -2.07. The van der Waals surface area contributed by atoms with Crippen LogP contribution >= 0.6 is 12.4 Å². The van der Waals surface area contributed by atoms with Gasteiger partial charge >= 0.3 is 0 Å². The summed E-state index contributed by atoms with van der Waals surface area (Å²) in [6, 6.07) is 9.88. The molecule has 0 bridgehead atoms. The van der Waals surface area contributed by atoms with Gasteiger partial charge in [0.2, 0.25) is 0 Å². The van der Waals surface area contributed by atoms with Crippen LogP contribution in [-0.4, -0.2) is 18.3 Å². The SMILES string of the molecule is COc1ccc(CC=NNc2ccncc2)cc1C.Cl. The molecule has 5 heteroatoms. The van der Waals surface area contributed by atoms with E-state index in [1.165, 1.54) is 5.56 Å². The number of hydrazone groups is 1. The highest BCUT2D eigenvalue weighted by atomic mass is 35.5. The molecule has 0 saturated carbocycles. The number of nitrogens with one attached hydrogen (secondary N) is 1. The Balaban J connectivity index is 0.00000200. The van der Waals surface area contributed by atoms with Gasteiger partial charge in [-0.3, -0.25) is 10.4 Å². The van der Waals surface area contributed by atoms with Crippen molar-refractivity contribution in [3.05, 3.63) is 53.9 Å². The number of methoxy groups -OCH3 is 1. The molecule has 4 nitrogen and oxygen atoms in total. The molecule has 1 heterocycles. The number of nitrogens with zero attached hydrogens (tertiary/aromatic N) is 2. The monoisotopic (exact) mass is 291 g/mol. The summed E-state index contributed by atoms with van der Waals surface area (Å²) in [6.45, 7) is 2.04. The standard InChI is InChI=1S/C15H17N3O.ClH/c1-12-11-13(3-4-15(12)19-2)5-10-17-18-14-6-8-16-9-7-14;/h3-4,6-11H,5H2,1-2H3,(H,16,18);1H. The topological polar surface area (TPSA) is 46.5 Å². The van der Waals surface area contributed by atoms with Crippen LogP contribution in [0.25, 0.3) is 0 Å². The molecule has 2 aromatic rings. The van der Waals surface area contributed by atoms with Crippen molar-refractivity contribution in [2.45, 2.75) is 13.3 Å². The summed E-state index contributed by atoms with van der Waals surface area (Å²) in [5.41, 5.74) is 6.23. The van der Waals surface area contributed by atoms with E-state index in [0.29, 0.717) is 0 Å². The Morgan fingerprint density at radius 3 is 2.65 bits per heavy atom. The normalized spacial score (nSPS) is 10.1. The van der Waals surface area contributed by atoms with E-state index in [2.05, 4.69) is 21.6 Å². The van der Waals surface area contributed by atoms with Gasteiger partial charge in [-0.25, -0.2) is 0 Å². The smallest absolute Gasteiger partial charge is 0.121 e. The Kier molecular flexibility index (Phi) is 6.53. The van der Waals surface area contributed by atoms with E-state index in [9.17, 15) is 0 Å². The van der Waals surface area contributed by atoms with E-state index in [1.54, 1.807) is 19.5 Å². The number of hydrogen-bond acceptors (Lipinski definition) is 4. The van der Waals surface area contributed by atoms with Crippen molar-refractivity contribution in [2.75, 3.05) is 12.5 Å². The average Bonchev–Trinajstić information content (AvgIpc) is 2.45. The van der Waals surface area contributed by atoms with Crippen molar-refractivity contribution >= 4 is 24.3 Å². The van der Waals surface area contributed by atoms with Gasteiger partial charge < -0.3 is 4.74 Å². The van der Waals surface area contributed by atoms with Gasteiger partial charge in [0.25, 0.3) is 0 Å². The average molecular weight is 292 g/mol. The van der Waals surface area contributed by atoms with E-state index in [-0.39, 0.29) is 12.4 Å². The van der Waals surface area contributed by atoms with Gasteiger partial charge in [-0.1, -0.05) is 12.1 Å². The van der Waals surface area contributed by atoms with Crippen molar-refractivity contribution in [2.24, 2.45) is 5.10 Å². The zero-order valence-corrected chi connectivity index (χ0v) is 12.4. The fourth-order valence-corrected chi connectivity index (χ4v) is 1.77. The molecule has 0 radical (unpaired) electrons. The highest BCUT2D eigenvalue weighted by molar-refractivity contribution is 5.85. The number of ether oxygens (including phenoxy) is 1. The lowest BCUT2D eigenvalue weighted by Crippen LogP contribution is -1.94. The lowest BCUT2D eigenvalue weighted by atomic mass is 10.1. The van der Waals surface area contributed by atoms with Crippen molar-refractivity contribution in [1.82, 2.24) is 4.98 Å². The van der Waals surface area contributed by atoms with Crippen LogP contribution in [0.2, 0.25) is 0 Å². The molecule has 2 rings (SSSR count). The first kappa shape index (κ1) is 16.0. The molecule has 0 fully saturated rings. The molecule has 0 atom stereocenters. The van der Waals surface area contributed by atoms with Crippen LogP contribution in [0.5, 0.6) is 5.75 Å². The molecule has 106 valence electrons. The zero-order valence-electron chi connectivity index (χ0n) is 11.5. The van der Waals surface area contributed by atoms with Crippen molar-refractivity contribution in [1.29, 1.82) is 0 Å². The minimum Gasteiger partial charge on any atom is -0.496 e. The third kappa shape index (κ3) is 4.55. The number of rotatable bonds is 5. The maximum atomic E-state index is 5.23. The molecule has 0 aliphatic carbocycles. The summed E-state index contributed by atoms with van der Waals surface area (Å²) in [7, 11) is 1.68. The number of aryl methyl sites for hydroxylation is 1. The second-order valence-electron chi connectivity index (χ2n) is 4.17. The summed E-state index contributed by atoms with van der Waals surface area (Å²) in [5, 5.41) is 4.18. The van der Waals surface area contributed by atoms with Crippen LogP contribution in [0.4, 0.5) is 5.69 Å². The van der Waals surface area contributed by atoms with E-state index in [4.69, 9.17) is 4.74 Å². The third-order valence-corrected chi connectivity index (χ3v) is 2.75. The Labute approximate surface area is 125 Å². The highest BCUT2D eigenvalue weighted by Gasteiger charge is 1.98. The largest absolute Gasteiger partial charge is 0.496 e. The van der Waals surface area contributed by atoms with E-state index >= 15 is 0 Å². The summed E-state index contributed by atoms with van der Waals surface area (Å²) in [4.78, 5) is 3.94. The summed E-state index contributed by atoms with van der Waals surface area (Å²) >= 11 is 0. The van der Waals surface area contributed by atoms with Crippen LogP contribution in [0, 0.1) is 6.92 Å². The molecular weight excluding hydrogens is 274 g/mol. The minimum atomic E-state index is 0. The molecule has 20 heavy (non-hydrogen) atoms. The summed E-state index contributed by atoms with van der Waals surface area (Å²) in [5.74, 6) is 0.913.